The molecule has 0 aliphatic carbocycles. The third-order valence-electron chi connectivity index (χ3n) is 3.93. The minimum atomic E-state index is -0.136. The van der Waals surface area contributed by atoms with Gasteiger partial charge in [-0.1, -0.05) is 28.9 Å². The predicted octanol–water partition coefficient (Wildman–Crippen LogP) is 2.96. The molecule has 0 unspecified atom stereocenters. The standard InChI is InChI=1S/C19H15ClN6O2/c20-15-5-3-13(4-6-15)8-22-17(27)11-26-10-16(23-12-26)18-24-19(28-25-18)14-2-1-7-21-9-14/h1-7,9-10,12H,8,11H2,(H,22,27). The molecular weight excluding hydrogens is 380 g/mol. The third kappa shape index (κ3) is 4.24. The summed E-state index contributed by atoms with van der Waals surface area (Å²) >= 11 is 5.85. The summed E-state index contributed by atoms with van der Waals surface area (Å²) < 4.78 is 6.91. The van der Waals surface area contributed by atoms with Gasteiger partial charge in [0.25, 0.3) is 5.89 Å². The molecule has 28 heavy (non-hydrogen) atoms. The summed E-state index contributed by atoms with van der Waals surface area (Å²) in [5, 5.41) is 7.45. The van der Waals surface area contributed by atoms with Gasteiger partial charge >= 0.3 is 0 Å². The molecule has 0 radical (unpaired) electrons. The molecule has 4 aromatic rings. The highest BCUT2D eigenvalue weighted by Gasteiger charge is 2.13. The van der Waals surface area contributed by atoms with Crippen molar-refractivity contribution in [3.63, 3.8) is 0 Å². The largest absolute Gasteiger partial charge is 0.350 e. The summed E-state index contributed by atoms with van der Waals surface area (Å²) in [6.45, 7) is 0.560. The molecular formula is C19H15ClN6O2. The van der Waals surface area contributed by atoms with Crippen LogP contribution in [0.25, 0.3) is 23.0 Å². The van der Waals surface area contributed by atoms with Crippen molar-refractivity contribution >= 4 is 17.5 Å². The molecule has 0 fully saturated rings. The van der Waals surface area contributed by atoms with Crippen molar-refractivity contribution in [3.05, 3.63) is 71.9 Å². The second kappa shape index (κ2) is 8.01. The topological polar surface area (TPSA) is 98.7 Å². The number of halogens is 1. The van der Waals surface area contributed by atoms with E-state index in [1.807, 2.05) is 18.2 Å². The fourth-order valence-corrected chi connectivity index (χ4v) is 2.65. The van der Waals surface area contributed by atoms with Crippen molar-refractivity contribution in [1.82, 2.24) is 30.0 Å². The molecule has 8 nitrogen and oxygen atoms in total. The second-order valence-electron chi connectivity index (χ2n) is 6.00. The summed E-state index contributed by atoms with van der Waals surface area (Å²) in [4.78, 5) is 24.7. The number of nitrogens with zero attached hydrogens (tertiary/aromatic N) is 5. The number of rotatable bonds is 6. The molecule has 1 aromatic carbocycles. The lowest BCUT2D eigenvalue weighted by atomic mass is 10.2. The zero-order valence-corrected chi connectivity index (χ0v) is 15.4. The molecule has 1 N–H and O–H groups in total. The van der Waals surface area contributed by atoms with Gasteiger partial charge in [-0.2, -0.15) is 4.98 Å². The van der Waals surface area contributed by atoms with E-state index in [0.29, 0.717) is 29.0 Å². The Morgan fingerprint density at radius 1 is 1.21 bits per heavy atom. The van der Waals surface area contributed by atoms with Gasteiger partial charge in [0.05, 0.1) is 11.9 Å². The van der Waals surface area contributed by atoms with Crippen molar-refractivity contribution in [2.75, 3.05) is 0 Å². The van der Waals surface area contributed by atoms with Gasteiger partial charge in [0, 0.05) is 30.2 Å². The van der Waals surface area contributed by atoms with E-state index in [1.165, 1.54) is 0 Å². The molecule has 3 aromatic heterocycles. The lowest BCUT2D eigenvalue weighted by Crippen LogP contribution is -2.26. The van der Waals surface area contributed by atoms with Crippen LogP contribution in [-0.2, 0) is 17.9 Å². The Bertz CT molecular complexity index is 1080. The Morgan fingerprint density at radius 2 is 2.07 bits per heavy atom. The highest BCUT2D eigenvalue weighted by molar-refractivity contribution is 6.30. The quantitative estimate of drug-likeness (QED) is 0.539. The van der Waals surface area contributed by atoms with E-state index in [-0.39, 0.29) is 12.5 Å². The normalized spacial score (nSPS) is 10.8. The first-order chi connectivity index (χ1) is 13.7. The van der Waals surface area contributed by atoms with E-state index in [9.17, 15) is 4.79 Å². The van der Waals surface area contributed by atoms with Gasteiger partial charge in [-0.3, -0.25) is 9.78 Å². The van der Waals surface area contributed by atoms with Crippen LogP contribution in [0.5, 0.6) is 0 Å². The van der Waals surface area contributed by atoms with Crippen LogP contribution in [0.15, 0.2) is 65.8 Å². The molecule has 0 aliphatic heterocycles. The van der Waals surface area contributed by atoms with Crippen LogP contribution in [0.4, 0.5) is 0 Å². The van der Waals surface area contributed by atoms with Gasteiger partial charge in [-0.15, -0.1) is 0 Å². The number of benzene rings is 1. The Labute approximate surface area is 165 Å². The summed E-state index contributed by atoms with van der Waals surface area (Å²) in [5.74, 6) is 0.570. The minimum absolute atomic E-state index is 0.133. The monoisotopic (exact) mass is 394 g/mol. The van der Waals surface area contributed by atoms with Gasteiger partial charge in [-0.05, 0) is 29.8 Å². The van der Waals surface area contributed by atoms with Crippen molar-refractivity contribution in [2.45, 2.75) is 13.1 Å². The van der Waals surface area contributed by atoms with E-state index in [2.05, 4.69) is 25.4 Å². The number of nitrogens with one attached hydrogen (secondary N) is 1. The highest BCUT2D eigenvalue weighted by atomic mass is 35.5. The first kappa shape index (κ1) is 17.9. The smallest absolute Gasteiger partial charge is 0.259 e. The zero-order chi connectivity index (χ0) is 19.3. The molecule has 9 heteroatoms. The molecule has 0 bridgehead atoms. The second-order valence-corrected chi connectivity index (χ2v) is 6.44. The lowest BCUT2D eigenvalue weighted by molar-refractivity contribution is -0.121. The maximum Gasteiger partial charge on any atom is 0.259 e. The molecule has 4 rings (SSSR count). The summed E-state index contributed by atoms with van der Waals surface area (Å²) in [6, 6.07) is 10.9. The van der Waals surface area contributed by atoms with E-state index in [1.54, 1.807) is 47.7 Å². The molecule has 0 saturated heterocycles. The number of hydrogen-bond donors (Lipinski definition) is 1. The fraction of sp³-hybridized carbons (Fsp3) is 0.105. The molecule has 140 valence electrons. The molecule has 0 aliphatic rings. The zero-order valence-electron chi connectivity index (χ0n) is 14.6. The fourth-order valence-electron chi connectivity index (χ4n) is 2.52. The molecule has 0 saturated carbocycles. The summed E-state index contributed by atoms with van der Waals surface area (Å²) in [6.07, 6.45) is 6.55. The number of carbonyl (C=O) groups excluding carboxylic acids is 1. The minimum Gasteiger partial charge on any atom is -0.350 e. The van der Waals surface area contributed by atoms with Crippen LogP contribution in [0.3, 0.4) is 0 Å². The first-order valence-corrected chi connectivity index (χ1v) is 8.82. The summed E-state index contributed by atoms with van der Waals surface area (Å²) in [5.41, 5.74) is 2.21. The van der Waals surface area contributed by atoms with E-state index in [4.69, 9.17) is 16.1 Å². The number of carbonyl (C=O) groups is 1. The van der Waals surface area contributed by atoms with Crippen LogP contribution in [0.1, 0.15) is 5.56 Å². The van der Waals surface area contributed by atoms with Crippen LogP contribution >= 0.6 is 11.6 Å². The van der Waals surface area contributed by atoms with Gasteiger partial charge in [-0.25, -0.2) is 4.98 Å². The number of pyridine rings is 1. The van der Waals surface area contributed by atoms with Gasteiger partial charge in [0.1, 0.15) is 12.2 Å². The predicted molar refractivity (Wildman–Crippen MR) is 102 cm³/mol. The van der Waals surface area contributed by atoms with Crippen LogP contribution in [0, 0.1) is 0 Å². The van der Waals surface area contributed by atoms with Gasteiger partial charge in [0.2, 0.25) is 11.7 Å². The van der Waals surface area contributed by atoms with Crippen molar-refractivity contribution in [2.24, 2.45) is 0 Å². The number of imidazole rings is 1. The highest BCUT2D eigenvalue weighted by Crippen LogP contribution is 2.20. The lowest BCUT2D eigenvalue weighted by Gasteiger charge is -2.06. The first-order valence-electron chi connectivity index (χ1n) is 8.45. The van der Waals surface area contributed by atoms with Gasteiger partial charge in [0.15, 0.2) is 0 Å². The van der Waals surface area contributed by atoms with Crippen LogP contribution < -0.4 is 5.32 Å². The van der Waals surface area contributed by atoms with Crippen LogP contribution in [-0.4, -0.2) is 30.6 Å². The molecule has 3 heterocycles. The average molecular weight is 395 g/mol. The third-order valence-corrected chi connectivity index (χ3v) is 4.18. The Hall–Kier alpha value is -3.52. The molecule has 1 amide bonds. The van der Waals surface area contributed by atoms with E-state index >= 15 is 0 Å². The molecule has 0 spiro atoms. The Kier molecular flexibility index (Phi) is 5.11. The number of amides is 1. The average Bonchev–Trinajstić information content (AvgIpc) is 3.38. The Balaban J connectivity index is 1.37. The SMILES string of the molecule is O=C(Cn1cnc(-c2noc(-c3cccnc3)n2)c1)NCc1ccc(Cl)cc1. The number of hydrogen-bond acceptors (Lipinski definition) is 6. The van der Waals surface area contributed by atoms with Crippen molar-refractivity contribution < 1.29 is 9.32 Å². The van der Waals surface area contributed by atoms with Crippen LogP contribution in [0.2, 0.25) is 5.02 Å². The van der Waals surface area contributed by atoms with Crippen molar-refractivity contribution in [3.8, 4) is 23.0 Å². The maximum atomic E-state index is 12.1. The van der Waals surface area contributed by atoms with Crippen molar-refractivity contribution in [1.29, 1.82) is 0 Å². The number of aromatic nitrogens is 5. The molecule has 0 atom stereocenters. The maximum absolute atomic E-state index is 12.1. The summed E-state index contributed by atoms with van der Waals surface area (Å²) in [7, 11) is 0. The van der Waals surface area contributed by atoms with E-state index in [0.717, 1.165) is 11.1 Å². The van der Waals surface area contributed by atoms with E-state index < -0.39 is 0 Å². The van der Waals surface area contributed by atoms with Gasteiger partial charge < -0.3 is 14.4 Å². The Morgan fingerprint density at radius 3 is 2.86 bits per heavy atom.